The predicted molar refractivity (Wildman–Crippen MR) is 73.8 cm³/mol. The Balaban J connectivity index is 2.48. The quantitative estimate of drug-likeness (QED) is 0.904. The van der Waals surface area contributed by atoms with Crippen LogP contribution in [0.5, 0.6) is 0 Å². The third-order valence-corrected chi connectivity index (χ3v) is 4.38. The van der Waals surface area contributed by atoms with Gasteiger partial charge in [0, 0.05) is 20.1 Å². The van der Waals surface area contributed by atoms with E-state index < -0.39 is 11.0 Å². The van der Waals surface area contributed by atoms with E-state index in [0.717, 1.165) is 18.4 Å². The standard InChI is InChI=1S/C16H21NO2/c1-15(18,10-11-19-2)16(12-17)9-5-7-13-6-3-4-8-14(13)16/h3-4,6,8,18H,5,7,9-11H2,1-2H3. The molecule has 0 saturated carbocycles. The van der Waals surface area contributed by atoms with E-state index in [1.165, 1.54) is 5.56 Å². The second-order valence-corrected chi connectivity index (χ2v) is 5.54. The van der Waals surface area contributed by atoms with E-state index in [1.807, 2.05) is 18.2 Å². The number of fused-ring (bicyclic) bond motifs is 1. The first-order valence-corrected chi connectivity index (χ1v) is 6.78. The Morgan fingerprint density at radius 3 is 2.89 bits per heavy atom. The average Bonchev–Trinajstić information content (AvgIpc) is 2.44. The summed E-state index contributed by atoms with van der Waals surface area (Å²) in [5.41, 5.74) is 0.284. The van der Waals surface area contributed by atoms with Crippen molar-refractivity contribution in [1.82, 2.24) is 0 Å². The lowest BCUT2D eigenvalue weighted by atomic mass is 9.61. The first-order valence-electron chi connectivity index (χ1n) is 6.78. The minimum absolute atomic E-state index is 0.457. The minimum atomic E-state index is -1.08. The van der Waals surface area contributed by atoms with Gasteiger partial charge in [0.15, 0.2) is 0 Å². The normalized spacial score (nSPS) is 25.2. The fourth-order valence-electron chi connectivity index (χ4n) is 3.14. The highest BCUT2D eigenvalue weighted by molar-refractivity contribution is 5.44. The molecule has 1 aromatic rings. The summed E-state index contributed by atoms with van der Waals surface area (Å²) in [6, 6.07) is 10.4. The molecule has 2 atom stereocenters. The Labute approximate surface area is 114 Å². The summed E-state index contributed by atoms with van der Waals surface area (Å²) >= 11 is 0. The van der Waals surface area contributed by atoms with Crippen molar-refractivity contribution < 1.29 is 9.84 Å². The van der Waals surface area contributed by atoms with E-state index in [-0.39, 0.29) is 0 Å². The fraction of sp³-hybridized carbons (Fsp3) is 0.562. The van der Waals surface area contributed by atoms with Crippen molar-refractivity contribution in [3.05, 3.63) is 35.4 Å². The molecule has 2 rings (SSSR count). The zero-order valence-corrected chi connectivity index (χ0v) is 11.6. The van der Waals surface area contributed by atoms with Crippen LogP contribution in [0.3, 0.4) is 0 Å². The first kappa shape index (κ1) is 14.0. The topological polar surface area (TPSA) is 53.2 Å². The van der Waals surface area contributed by atoms with Crippen LogP contribution in [0.15, 0.2) is 24.3 Å². The lowest BCUT2D eigenvalue weighted by molar-refractivity contribution is -0.0308. The van der Waals surface area contributed by atoms with E-state index in [4.69, 9.17) is 4.74 Å². The molecule has 0 radical (unpaired) electrons. The van der Waals surface area contributed by atoms with Crippen LogP contribution in [-0.4, -0.2) is 24.4 Å². The molecule has 0 spiro atoms. The SMILES string of the molecule is COCCC(C)(O)C1(C#N)CCCc2ccccc21. The molecule has 0 aliphatic heterocycles. The maximum atomic E-state index is 10.9. The van der Waals surface area contributed by atoms with Crippen LogP contribution < -0.4 is 0 Å². The van der Waals surface area contributed by atoms with Gasteiger partial charge in [-0.3, -0.25) is 0 Å². The number of benzene rings is 1. The summed E-state index contributed by atoms with van der Waals surface area (Å²) in [5, 5.41) is 20.6. The Morgan fingerprint density at radius 2 is 2.21 bits per heavy atom. The zero-order chi connectivity index (χ0) is 13.9. The van der Waals surface area contributed by atoms with Crippen LogP contribution >= 0.6 is 0 Å². The number of nitriles is 1. The molecular formula is C16H21NO2. The molecule has 1 aliphatic carbocycles. The predicted octanol–water partition coefficient (Wildman–Crippen LogP) is 2.57. The van der Waals surface area contributed by atoms with Crippen LogP contribution in [0.1, 0.15) is 37.3 Å². The van der Waals surface area contributed by atoms with Gasteiger partial charge >= 0.3 is 0 Å². The number of hydrogen-bond acceptors (Lipinski definition) is 3. The molecule has 0 aromatic heterocycles. The van der Waals surface area contributed by atoms with Crippen LogP contribution in [0, 0.1) is 11.3 Å². The number of ether oxygens (including phenoxy) is 1. The van der Waals surface area contributed by atoms with Crippen molar-refractivity contribution in [2.45, 2.75) is 43.6 Å². The second kappa shape index (κ2) is 5.32. The van der Waals surface area contributed by atoms with Crippen molar-refractivity contribution in [2.24, 2.45) is 0 Å². The summed E-state index contributed by atoms with van der Waals surface area (Å²) in [5.74, 6) is 0. The van der Waals surface area contributed by atoms with Gasteiger partial charge in [-0.1, -0.05) is 24.3 Å². The van der Waals surface area contributed by atoms with Crippen LogP contribution in [0.4, 0.5) is 0 Å². The van der Waals surface area contributed by atoms with Crippen molar-refractivity contribution in [3.8, 4) is 6.07 Å². The first-order chi connectivity index (χ1) is 9.07. The Kier molecular flexibility index (Phi) is 3.93. The molecule has 1 aromatic carbocycles. The molecule has 1 aliphatic rings. The molecule has 0 heterocycles. The molecule has 102 valence electrons. The maximum absolute atomic E-state index is 10.9. The highest BCUT2D eigenvalue weighted by Gasteiger charge is 2.50. The maximum Gasteiger partial charge on any atom is 0.111 e. The van der Waals surface area contributed by atoms with Gasteiger partial charge in [-0.2, -0.15) is 5.26 Å². The highest BCUT2D eigenvalue weighted by Crippen LogP contribution is 2.45. The molecule has 3 nitrogen and oxygen atoms in total. The average molecular weight is 259 g/mol. The Bertz CT molecular complexity index is 490. The summed E-state index contributed by atoms with van der Waals surface area (Å²) in [7, 11) is 1.62. The number of nitrogens with zero attached hydrogens (tertiary/aromatic N) is 1. The Hall–Kier alpha value is -1.37. The monoisotopic (exact) mass is 259 g/mol. The van der Waals surface area contributed by atoms with Gasteiger partial charge in [0.1, 0.15) is 5.41 Å². The lowest BCUT2D eigenvalue weighted by Gasteiger charge is -2.44. The number of hydrogen-bond donors (Lipinski definition) is 1. The van der Waals surface area contributed by atoms with E-state index >= 15 is 0 Å². The van der Waals surface area contributed by atoms with Crippen molar-refractivity contribution in [3.63, 3.8) is 0 Å². The third-order valence-electron chi connectivity index (χ3n) is 4.38. The number of aliphatic hydroxyl groups is 1. The lowest BCUT2D eigenvalue weighted by Crippen LogP contribution is -2.51. The summed E-state index contributed by atoms with van der Waals surface area (Å²) in [6.07, 6.45) is 3.09. The smallest absolute Gasteiger partial charge is 0.111 e. The van der Waals surface area contributed by atoms with E-state index in [0.29, 0.717) is 19.4 Å². The van der Waals surface area contributed by atoms with Gasteiger partial charge in [-0.25, -0.2) is 0 Å². The molecular weight excluding hydrogens is 238 g/mol. The van der Waals surface area contributed by atoms with Gasteiger partial charge in [-0.05, 0) is 37.3 Å². The van der Waals surface area contributed by atoms with Crippen molar-refractivity contribution >= 4 is 0 Å². The second-order valence-electron chi connectivity index (χ2n) is 5.54. The van der Waals surface area contributed by atoms with E-state index in [9.17, 15) is 10.4 Å². The van der Waals surface area contributed by atoms with Gasteiger partial charge in [0.2, 0.25) is 0 Å². The van der Waals surface area contributed by atoms with Crippen molar-refractivity contribution in [2.75, 3.05) is 13.7 Å². The van der Waals surface area contributed by atoms with Crippen LogP contribution in [0.2, 0.25) is 0 Å². The van der Waals surface area contributed by atoms with Gasteiger partial charge in [-0.15, -0.1) is 0 Å². The third kappa shape index (κ3) is 2.27. The number of aryl methyl sites for hydroxylation is 1. The largest absolute Gasteiger partial charge is 0.388 e. The molecule has 0 fully saturated rings. The molecule has 3 heteroatoms. The Morgan fingerprint density at radius 1 is 1.47 bits per heavy atom. The van der Waals surface area contributed by atoms with E-state index in [1.54, 1.807) is 14.0 Å². The minimum Gasteiger partial charge on any atom is -0.388 e. The fourth-order valence-corrected chi connectivity index (χ4v) is 3.14. The molecule has 1 N–H and O–H groups in total. The summed E-state index contributed by atoms with van der Waals surface area (Å²) in [6.45, 7) is 2.22. The number of methoxy groups -OCH3 is 1. The molecule has 0 bridgehead atoms. The number of rotatable bonds is 4. The molecule has 19 heavy (non-hydrogen) atoms. The highest BCUT2D eigenvalue weighted by atomic mass is 16.5. The van der Waals surface area contributed by atoms with Gasteiger partial charge in [0.25, 0.3) is 0 Å². The molecule has 2 unspecified atom stereocenters. The van der Waals surface area contributed by atoms with E-state index in [2.05, 4.69) is 12.1 Å². The summed E-state index contributed by atoms with van der Waals surface area (Å²) in [4.78, 5) is 0. The molecule has 0 saturated heterocycles. The molecule has 0 amide bonds. The van der Waals surface area contributed by atoms with Crippen LogP contribution in [-0.2, 0) is 16.6 Å². The van der Waals surface area contributed by atoms with Crippen molar-refractivity contribution in [1.29, 1.82) is 5.26 Å². The summed E-state index contributed by atoms with van der Waals surface area (Å²) < 4.78 is 5.08. The zero-order valence-electron chi connectivity index (χ0n) is 11.6. The van der Waals surface area contributed by atoms with Crippen LogP contribution in [0.25, 0.3) is 0 Å². The van der Waals surface area contributed by atoms with Gasteiger partial charge in [0.05, 0.1) is 11.7 Å². The van der Waals surface area contributed by atoms with Gasteiger partial charge < -0.3 is 9.84 Å².